The first kappa shape index (κ1) is 16.0. The second-order valence-electron chi connectivity index (χ2n) is 5.24. The van der Waals surface area contributed by atoms with Crippen LogP contribution in [0.25, 0.3) is 0 Å². The van der Waals surface area contributed by atoms with Crippen LogP contribution >= 0.6 is 0 Å². The number of aliphatic hydroxyl groups excluding tert-OH is 1. The van der Waals surface area contributed by atoms with Crippen LogP contribution in [0, 0.1) is 5.92 Å². The molecule has 0 aliphatic carbocycles. The van der Waals surface area contributed by atoms with Gasteiger partial charge in [0.05, 0.1) is 25.4 Å². The van der Waals surface area contributed by atoms with Gasteiger partial charge in [0.15, 0.2) is 0 Å². The molecule has 2 unspecified atom stereocenters. The van der Waals surface area contributed by atoms with E-state index in [-0.39, 0.29) is 6.10 Å². The number of benzene rings is 1. The maximum Gasteiger partial charge on any atom is 0.124 e. The molecule has 2 atom stereocenters. The molecule has 0 bridgehead atoms. The molecular weight excluding hydrogens is 240 g/mol. The van der Waals surface area contributed by atoms with Gasteiger partial charge in [-0.3, -0.25) is 0 Å². The molecule has 0 amide bonds. The van der Waals surface area contributed by atoms with Crippen LogP contribution in [0.4, 0.5) is 0 Å². The Kier molecular flexibility index (Phi) is 6.32. The molecule has 0 radical (unpaired) electrons. The van der Waals surface area contributed by atoms with E-state index in [0.29, 0.717) is 19.1 Å². The fourth-order valence-electron chi connectivity index (χ4n) is 1.68. The van der Waals surface area contributed by atoms with Crippen molar-refractivity contribution in [2.75, 3.05) is 6.61 Å². The Morgan fingerprint density at radius 3 is 2.37 bits per heavy atom. The molecule has 0 saturated heterocycles. The summed E-state index contributed by atoms with van der Waals surface area (Å²) in [6, 6.07) is 5.76. The second-order valence-corrected chi connectivity index (χ2v) is 5.24. The quantitative estimate of drug-likeness (QED) is 0.818. The summed E-state index contributed by atoms with van der Waals surface area (Å²) in [5.74, 6) is 1.32. The van der Waals surface area contributed by atoms with Gasteiger partial charge in [0.1, 0.15) is 5.75 Å². The Morgan fingerprint density at radius 2 is 1.84 bits per heavy atom. The molecule has 0 aliphatic rings. The second kappa shape index (κ2) is 7.51. The molecule has 0 spiro atoms. The van der Waals surface area contributed by atoms with Crippen LogP contribution < -0.4 is 4.74 Å². The van der Waals surface area contributed by atoms with E-state index in [1.807, 2.05) is 25.1 Å². The summed E-state index contributed by atoms with van der Waals surface area (Å²) in [4.78, 5) is 0. The Hall–Kier alpha value is -1.06. The van der Waals surface area contributed by atoms with Gasteiger partial charge in [-0.15, -0.1) is 0 Å². The Bertz CT molecular complexity index is 386. The highest BCUT2D eigenvalue weighted by atomic mass is 16.5. The minimum Gasteiger partial charge on any atom is -0.494 e. The van der Waals surface area contributed by atoms with Crippen molar-refractivity contribution in [3.8, 4) is 5.75 Å². The summed E-state index contributed by atoms with van der Waals surface area (Å²) in [6.45, 7) is 11.2. The van der Waals surface area contributed by atoms with Gasteiger partial charge >= 0.3 is 0 Å². The van der Waals surface area contributed by atoms with E-state index in [9.17, 15) is 5.11 Å². The lowest BCUT2D eigenvalue weighted by atomic mass is 10.1. The highest BCUT2D eigenvalue weighted by molar-refractivity contribution is 5.37. The monoisotopic (exact) mass is 266 g/mol. The van der Waals surface area contributed by atoms with Crippen molar-refractivity contribution in [2.45, 2.75) is 53.4 Å². The van der Waals surface area contributed by atoms with Crippen molar-refractivity contribution in [2.24, 2.45) is 5.92 Å². The first-order chi connectivity index (χ1) is 8.95. The zero-order valence-corrected chi connectivity index (χ0v) is 12.6. The summed E-state index contributed by atoms with van der Waals surface area (Å²) in [5, 5.41) is 9.65. The van der Waals surface area contributed by atoms with Crippen LogP contribution in [0.15, 0.2) is 18.2 Å². The van der Waals surface area contributed by atoms with E-state index < -0.39 is 6.10 Å². The molecule has 3 heteroatoms. The van der Waals surface area contributed by atoms with Gasteiger partial charge in [0.2, 0.25) is 0 Å². The summed E-state index contributed by atoms with van der Waals surface area (Å²) >= 11 is 0. The van der Waals surface area contributed by atoms with Crippen molar-refractivity contribution in [1.82, 2.24) is 0 Å². The minimum atomic E-state index is -0.475. The third-order valence-electron chi connectivity index (χ3n) is 3.31. The maximum atomic E-state index is 9.65. The van der Waals surface area contributed by atoms with E-state index in [4.69, 9.17) is 9.47 Å². The molecule has 0 aromatic heterocycles. The average Bonchev–Trinajstić information content (AvgIpc) is 2.37. The van der Waals surface area contributed by atoms with Gasteiger partial charge in [-0.25, -0.2) is 0 Å². The van der Waals surface area contributed by atoms with Crippen LogP contribution in [0.2, 0.25) is 0 Å². The van der Waals surface area contributed by atoms with Crippen molar-refractivity contribution in [1.29, 1.82) is 0 Å². The summed E-state index contributed by atoms with van der Waals surface area (Å²) < 4.78 is 11.5. The van der Waals surface area contributed by atoms with Gasteiger partial charge in [0.25, 0.3) is 0 Å². The number of ether oxygens (including phenoxy) is 2. The first-order valence-electron chi connectivity index (χ1n) is 7.01. The SMILES string of the molecule is CCOc1ccc(C(C)O)cc1COC(C)C(C)C. The third kappa shape index (κ3) is 4.84. The lowest BCUT2D eigenvalue weighted by molar-refractivity contribution is 0.0223. The largest absolute Gasteiger partial charge is 0.494 e. The Balaban J connectivity index is 2.84. The highest BCUT2D eigenvalue weighted by Gasteiger charge is 2.12. The molecular formula is C16H26O3. The van der Waals surface area contributed by atoms with Crippen LogP contribution in [-0.4, -0.2) is 17.8 Å². The summed E-state index contributed by atoms with van der Waals surface area (Å²) in [7, 11) is 0. The Morgan fingerprint density at radius 1 is 1.16 bits per heavy atom. The fourth-order valence-corrected chi connectivity index (χ4v) is 1.68. The van der Waals surface area contributed by atoms with Crippen molar-refractivity contribution >= 4 is 0 Å². The van der Waals surface area contributed by atoms with Crippen LogP contribution in [0.3, 0.4) is 0 Å². The van der Waals surface area contributed by atoms with E-state index in [1.165, 1.54) is 0 Å². The molecule has 19 heavy (non-hydrogen) atoms. The highest BCUT2D eigenvalue weighted by Crippen LogP contribution is 2.25. The molecule has 1 aromatic carbocycles. The average molecular weight is 266 g/mol. The predicted molar refractivity (Wildman–Crippen MR) is 77.3 cm³/mol. The molecule has 3 nitrogen and oxygen atoms in total. The molecule has 0 saturated carbocycles. The van der Waals surface area contributed by atoms with E-state index in [2.05, 4.69) is 20.8 Å². The number of aliphatic hydroxyl groups is 1. The topological polar surface area (TPSA) is 38.7 Å². The van der Waals surface area contributed by atoms with Gasteiger partial charge in [0, 0.05) is 5.56 Å². The van der Waals surface area contributed by atoms with Crippen molar-refractivity contribution in [3.05, 3.63) is 29.3 Å². The fraction of sp³-hybridized carbons (Fsp3) is 0.625. The normalized spacial score (nSPS) is 14.5. The first-order valence-corrected chi connectivity index (χ1v) is 7.01. The number of hydrogen-bond donors (Lipinski definition) is 1. The van der Waals surface area contributed by atoms with Gasteiger partial charge in [-0.1, -0.05) is 19.9 Å². The molecule has 108 valence electrons. The smallest absolute Gasteiger partial charge is 0.124 e. The van der Waals surface area contributed by atoms with Gasteiger partial charge < -0.3 is 14.6 Å². The van der Waals surface area contributed by atoms with E-state index in [1.54, 1.807) is 6.92 Å². The summed E-state index contributed by atoms with van der Waals surface area (Å²) in [6.07, 6.45) is -0.276. The van der Waals surface area contributed by atoms with Crippen LogP contribution in [0.1, 0.15) is 51.8 Å². The minimum absolute atomic E-state index is 0.199. The number of rotatable bonds is 7. The molecule has 1 rings (SSSR count). The lowest BCUT2D eigenvalue weighted by Gasteiger charge is -2.19. The summed E-state index contributed by atoms with van der Waals surface area (Å²) in [5.41, 5.74) is 1.88. The lowest BCUT2D eigenvalue weighted by Crippen LogP contribution is -2.15. The Labute approximate surface area is 116 Å². The van der Waals surface area contributed by atoms with E-state index >= 15 is 0 Å². The molecule has 0 aliphatic heterocycles. The van der Waals surface area contributed by atoms with Gasteiger partial charge in [-0.2, -0.15) is 0 Å². The molecule has 0 fully saturated rings. The predicted octanol–water partition coefficient (Wildman–Crippen LogP) is 3.70. The standard InChI is InChI=1S/C16H26O3/c1-6-18-16-8-7-14(12(4)17)9-15(16)10-19-13(5)11(2)3/h7-9,11-13,17H,6,10H2,1-5H3. The number of hydrogen-bond acceptors (Lipinski definition) is 3. The van der Waals surface area contributed by atoms with Crippen molar-refractivity contribution < 1.29 is 14.6 Å². The van der Waals surface area contributed by atoms with Crippen LogP contribution in [-0.2, 0) is 11.3 Å². The van der Waals surface area contributed by atoms with Crippen molar-refractivity contribution in [3.63, 3.8) is 0 Å². The zero-order chi connectivity index (χ0) is 14.4. The van der Waals surface area contributed by atoms with Gasteiger partial charge in [-0.05, 0) is 44.4 Å². The van der Waals surface area contributed by atoms with Crippen LogP contribution in [0.5, 0.6) is 5.75 Å². The molecule has 1 aromatic rings. The molecule has 0 heterocycles. The third-order valence-corrected chi connectivity index (χ3v) is 3.31. The maximum absolute atomic E-state index is 9.65. The van der Waals surface area contributed by atoms with E-state index in [0.717, 1.165) is 16.9 Å². The zero-order valence-electron chi connectivity index (χ0n) is 12.6. The molecule has 1 N–H and O–H groups in total.